The average molecular weight is 369 g/mol. The number of hydrogen-bond acceptors (Lipinski definition) is 5. The van der Waals surface area contributed by atoms with Gasteiger partial charge < -0.3 is 0 Å². The molecule has 1 aromatic rings. The molecule has 0 radical (unpaired) electrons. The minimum atomic E-state index is -0.382. The van der Waals surface area contributed by atoms with E-state index in [1.807, 2.05) is 5.48 Å². The fourth-order valence-electron chi connectivity index (χ4n) is 3.28. The van der Waals surface area contributed by atoms with Crippen LogP contribution in [0.25, 0.3) is 0 Å². The number of carbonyl (C=O) groups excluding carboxylic acids is 1. The van der Waals surface area contributed by atoms with Crippen LogP contribution in [-0.2, 0) is 4.79 Å². The van der Waals surface area contributed by atoms with Crippen LogP contribution in [0.1, 0.15) is 41.7 Å². The Hall–Kier alpha value is -0.690. The predicted octanol–water partition coefficient (Wildman–Crippen LogP) is 3.94. The van der Waals surface area contributed by atoms with E-state index in [1.54, 1.807) is 23.7 Å². The molecule has 1 atom stereocenters. The highest BCUT2D eigenvalue weighted by Gasteiger charge is 2.44. The number of nitrogens with zero attached hydrogens (tertiary/aromatic N) is 1. The van der Waals surface area contributed by atoms with Gasteiger partial charge in [0.25, 0.3) is 5.91 Å². The van der Waals surface area contributed by atoms with Crippen molar-refractivity contribution >= 4 is 29.6 Å². The van der Waals surface area contributed by atoms with Crippen molar-refractivity contribution in [1.29, 1.82) is 0 Å². The summed E-state index contributed by atoms with van der Waals surface area (Å²) in [5.41, 5.74) is 8.38. The van der Waals surface area contributed by atoms with Crippen LogP contribution in [0.3, 0.4) is 0 Å². The second-order valence-electron chi connectivity index (χ2n) is 7.02. The van der Waals surface area contributed by atoms with Crippen molar-refractivity contribution in [2.45, 2.75) is 64.2 Å². The molecule has 1 saturated heterocycles. The summed E-state index contributed by atoms with van der Waals surface area (Å²) in [5.74, 6) is 0.632. The molecule has 1 heterocycles. The van der Waals surface area contributed by atoms with E-state index >= 15 is 0 Å². The number of benzene rings is 1. The highest BCUT2D eigenvalue weighted by atomic mass is 32.2. The standard InChI is InChI=1S/C18H28N2O2S2/c1-10-11(2)13(4)15(14(5)12(10)3)24-20-8-9-23-18(6,7)16(20)17(21)19-22/h16,22H,8-9H2,1-7H3,(H,19,21). The van der Waals surface area contributed by atoms with Crippen LogP contribution in [0, 0.1) is 34.6 Å². The van der Waals surface area contributed by atoms with Gasteiger partial charge in [-0.15, -0.1) is 0 Å². The summed E-state index contributed by atoms with van der Waals surface area (Å²) in [6, 6.07) is -0.382. The predicted molar refractivity (Wildman–Crippen MR) is 103 cm³/mol. The van der Waals surface area contributed by atoms with Crippen LogP contribution in [0.4, 0.5) is 0 Å². The van der Waals surface area contributed by atoms with E-state index in [9.17, 15) is 10.0 Å². The van der Waals surface area contributed by atoms with E-state index in [4.69, 9.17) is 0 Å². The molecule has 1 aliphatic heterocycles. The third-order valence-corrected chi connectivity index (χ3v) is 8.01. The van der Waals surface area contributed by atoms with Gasteiger partial charge >= 0.3 is 0 Å². The second-order valence-corrected chi connectivity index (χ2v) is 9.83. The summed E-state index contributed by atoms with van der Waals surface area (Å²) in [6.45, 7) is 15.7. The van der Waals surface area contributed by atoms with Crippen LogP contribution in [-0.4, -0.2) is 38.5 Å². The number of rotatable bonds is 3. The van der Waals surface area contributed by atoms with Crippen LogP contribution in [0.2, 0.25) is 0 Å². The minimum absolute atomic E-state index is 0.255. The lowest BCUT2D eigenvalue weighted by molar-refractivity contribution is -0.133. The first-order valence-electron chi connectivity index (χ1n) is 8.21. The number of hydrogen-bond donors (Lipinski definition) is 2. The van der Waals surface area contributed by atoms with E-state index in [1.165, 1.54) is 32.7 Å². The third-order valence-electron chi connectivity index (χ3n) is 5.23. The summed E-state index contributed by atoms with van der Waals surface area (Å²) in [7, 11) is 0. The van der Waals surface area contributed by atoms with Gasteiger partial charge in [-0.2, -0.15) is 11.8 Å². The quantitative estimate of drug-likeness (QED) is 0.481. The fraction of sp³-hybridized carbons (Fsp3) is 0.611. The fourth-order valence-corrected chi connectivity index (χ4v) is 6.13. The lowest BCUT2D eigenvalue weighted by Gasteiger charge is -2.43. The molecule has 6 heteroatoms. The molecule has 2 N–H and O–H groups in total. The smallest absolute Gasteiger partial charge is 0.263 e. The lowest BCUT2D eigenvalue weighted by atomic mass is 9.95. The highest BCUT2D eigenvalue weighted by molar-refractivity contribution is 8.01. The Balaban J connectivity index is 2.44. The molecule has 1 aromatic carbocycles. The van der Waals surface area contributed by atoms with Crippen LogP contribution in [0.15, 0.2) is 4.90 Å². The number of carbonyl (C=O) groups is 1. The van der Waals surface area contributed by atoms with Gasteiger partial charge in [0.15, 0.2) is 0 Å². The molecule has 0 spiro atoms. The first-order chi connectivity index (χ1) is 11.1. The molecule has 0 aliphatic carbocycles. The van der Waals surface area contributed by atoms with Gasteiger partial charge in [-0.1, -0.05) is 0 Å². The molecule has 24 heavy (non-hydrogen) atoms. The summed E-state index contributed by atoms with van der Waals surface area (Å²) in [4.78, 5) is 13.5. The summed E-state index contributed by atoms with van der Waals surface area (Å²) >= 11 is 3.43. The monoisotopic (exact) mass is 368 g/mol. The zero-order valence-corrected chi connectivity index (χ0v) is 17.2. The Bertz CT molecular complexity index is 630. The molecular weight excluding hydrogens is 340 g/mol. The van der Waals surface area contributed by atoms with Gasteiger partial charge in [-0.05, 0) is 88.2 Å². The zero-order valence-electron chi connectivity index (χ0n) is 15.6. The topological polar surface area (TPSA) is 52.6 Å². The molecule has 134 valence electrons. The molecule has 0 aromatic heterocycles. The van der Waals surface area contributed by atoms with Gasteiger partial charge in [0.05, 0.1) is 0 Å². The van der Waals surface area contributed by atoms with Crippen molar-refractivity contribution in [3.8, 4) is 0 Å². The third kappa shape index (κ3) is 3.47. The van der Waals surface area contributed by atoms with Crippen molar-refractivity contribution in [3.63, 3.8) is 0 Å². The Labute approximate surface area is 153 Å². The highest BCUT2D eigenvalue weighted by Crippen LogP contribution is 2.43. The van der Waals surface area contributed by atoms with Gasteiger partial charge in [0.2, 0.25) is 0 Å². The van der Waals surface area contributed by atoms with Crippen molar-refractivity contribution in [2.75, 3.05) is 12.3 Å². The SMILES string of the molecule is Cc1c(C)c(C)c(SN2CCSC(C)(C)C2C(=O)NO)c(C)c1C. The molecule has 1 amide bonds. The number of amides is 1. The second kappa shape index (κ2) is 7.28. The van der Waals surface area contributed by atoms with Gasteiger partial charge in [-0.25, -0.2) is 9.79 Å². The summed E-state index contributed by atoms with van der Waals surface area (Å²) < 4.78 is 1.88. The molecule has 0 saturated carbocycles. The first-order valence-corrected chi connectivity index (χ1v) is 9.97. The van der Waals surface area contributed by atoms with Crippen LogP contribution >= 0.6 is 23.7 Å². The summed E-state index contributed by atoms with van der Waals surface area (Å²) in [5, 5.41) is 9.19. The maximum Gasteiger partial charge on any atom is 0.263 e. The van der Waals surface area contributed by atoms with Crippen molar-refractivity contribution in [3.05, 3.63) is 27.8 Å². The Morgan fingerprint density at radius 1 is 1.12 bits per heavy atom. The lowest BCUT2D eigenvalue weighted by Crippen LogP contribution is -2.57. The van der Waals surface area contributed by atoms with Gasteiger partial charge in [-0.3, -0.25) is 10.0 Å². The van der Waals surface area contributed by atoms with Crippen molar-refractivity contribution in [2.24, 2.45) is 0 Å². The largest absolute Gasteiger partial charge is 0.289 e. The van der Waals surface area contributed by atoms with E-state index in [0.717, 1.165) is 12.3 Å². The molecule has 0 bridgehead atoms. The molecular formula is C18H28N2O2S2. The van der Waals surface area contributed by atoms with Crippen LogP contribution < -0.4 is 5.48 Å². The minimum Gasteiger partial charge on any atom is -0.289 e. The van der Waals surface area contributed by atoms with E-state index < -0.39 is 0 Å². The van der Waals surface area contributed by atoms with Crippen LogP contribution in [0.5, 0.6) is 0 Å². The number of nitrogens with one attached hydrogen (secondary N) is 1. The average Bonchev–Trinajstić information content (AvgIpc) is 2.53. The van der Waals surface area contributed by atoms with Crippen molar-refractivity contribution in [1.82, 2.24) is 9.79 Å². The van der Waals surface area contributed by atoms with E-state index in [-0.39, 0.29) is 16.7 Å². The maximum atomic E-state index is 12.3. The Morgan fingerprint density at radius 3 is 2.12 bits per heavy atom. The first kappa shape index (κ1) is 19.6. The molecule has 4 nitrogen and oxygen atoms in total. The molecule has 1 unspecified atom stereocenters. The number of thioether (sulfide) groups is 1. The molecule has 2 rings (SSSR count). The van der Waals surface area contributed by atoms with Gasteiger partial charge in [0.1, 0.15) is 6.04 Å². The van der Waals surface area contributed by atoms with Gasteiger partial charge in [0, 0.05) is 21.9 Å². The van der Waals surface area contributed by atoms with Crippen molar-refractivity contribution < 1.29 is 10.0 Å². The number of hydroxylamine groups is 1. The molecule has 1 fully saturated rings. The maximum absolute atomic E-state index is 12.3. The molecule has 1 aliphatic rings. The Kier molecular flexibility index (Phi) is 5.95. The zero-order chi connectivity index (χ0) is 18.2. The Morgan fingerprint density at radius 2 is 1.62 bits per heavy atom. The summed E-state index contributed by atoms with van der Waals surface area (Å²) in [6.07, 6.45) is 0. The van der Waals surface area contributed by atoms with E-state index in [0.29, 0.717) is 0 Å². The van der Waals surface area contributed by atoms with E-state index in [2.05, 4.69) is 52.8 Å². The normalized spacial score (nSPS) is 20.9.